The van der Waals surface area contributed by atoms with E-state index in [1.54, 1.807) is 24.3 Å². The number of nitriles is 1. The van der Waals surface area contributed by atoms with Crippen LogP contribution in [0, 0.1) is 11.3 Å². The van der Waals surface area contributed by atoms with Gasteiger partial charge in [-0.3, -0.25) is 14.6 Å². The summed E-state index contributed by atoms with van der Waals surface area (Å²) in [6, 6.07) is 21.7. The highest BCUT2D eigenvalue weighted by atomic mass is 16.2. The van der Waals surface area contributed by atoms with Gasteiger partial charge in [-0.05, 0) is 54.8 Å². The lowest BCUT2D eigenvalue weighted by Gasteiger charge is -2.37. The standard InChI is InChI=1S/C32H33N5O2/c1-22(26-20-35-27-13-4-3-12-25(26)27)29(37-30(38)24-11-9-10-23(18-24)19-33)31(39)36-21-32(15-6-2-7-16-32)28-14-5-8-17-34-28/h3-5,8-14,17-18,20,22,29,35H,2,6-7,15-16,21H2,1H3,(H,36,39)(H,37,38)/t22?,29-/m0/s1. The second kappa shape index (κ2) is 11.5. The van der Waals surface area contributed by atoms with Crippen LogP contribution < -0.4 is 10.6 Å². The Morgan fingerprint density at radius 2 is 1.85 bits per heavy atom. The van der Waals surface area contributed by atoms with Gasteiger partial charge in [-0.2, -0.15) is 5.26 Å². The third kappa shape index (κ3) is 5.56. The van der Waals surface area contributed by atoms with Crippen molar-refractivity contribution in [3.05, 3.63) is 102 Å². The highest BCUT2D eigenvalue weighted by Crippen LogP contribution is 2.38. The second-order valence-corrected chi connectivity index (χ2v) is 10.5. The minimum absolute atomic E-state index is 0.227. The second-order valence-electron chi connectivity index (χ2n) is 10.5. The van der Waals surface area contributed by atoms with Crippen LogP contribution in [0.4, 0.5) is 0 Å². The third-order valence-corrected chi connectivity index (χ3v) is 8.05. The number of benzene rings is 2. The zero-order chi connectivity index (χ0) is 27.2. The molecule has 2 amide bonds. The van der Waals surface area contributed by atoms with Crippen molar-refractivity contribution in [1.29, 1.82) is 5.26 Å². The molecule has 5 rings (SSSR count). The number of fused-ring (bicyclic) bond motifs is 1. The number of para-hydroxylation sites is 1. The largest absolute Gasteiger partial charge is 0.361 e. The normalized spacial score (nSPS) is 16.1. The fraction of sp³-hybridized carbons (Fsp3) is 0.312. The molecule has 2 aromatic heterocycles. The summed E-state index contributed by atoms with van der Waals surface area (Å²) in [4.78, 5) is 35.2. The summed E-state index contributed by atoms with van der Waals surface area (Å²) in [5.74, 6) is -0.948. The van der Waals surface area contributed by atoms with Gasteiger partial charge in [0.15, 0.2) is 0 Å². The van der Waals surface area contributed by atoms with E-state index >= 15 is 0 Å². The highest BCUT2D eigenvalue weighted by Gasteiger charge is 2.37. The molecule has 1 saturated carbocycles. The predicted molar refractivity (Wildman–Crippen MR) is 151 cm³/mol. The lowest BCUT2D eigenvalue weighted by molar-refractivity contribution is -0.123. The average molecular weight is 520 g/mol. The van der Waals surface area contributed by atoms with Gasteiger partial charge in [0.2, 0.25) is 5.91 Å². The minimum Gasteiger partial charge on any atom is -0.361 e. The summed E-state index contributed by atoms with van der Waals surface area (Å²) in [6.07, 6.45) is 9.00. The Bertz CT molecular complexity index is 1500. The molecule has 2 atom stereocenters. The number of H-pyrrole nitrogens is 1. The maximum atomic E-state index is 13.9. The zero-order valence-corrected chi connectivity index (χ0v) is 22.1. The van der Waals surface area contributed by atoms with Crippen molar-refractivity contribution in [3.63, 3.8) is 0 Å². The summed E-state index contributed by atoms with van der Waals surface area (Å²) in [7, 11) is 0. The number of amides is 2. The molecule has 0 saturated heterocycles. The SMILES string of the molecule is CC(c1c[nH]c2ccccc12)[C@H](NC(=O)c1cccc(C#N)c1)C(=O)NCC1(c2ccccn2)CCCCC1. The number of carbonyl (C=O) groups excluding carboxylic acids is 2. The number of nitrogens with one attached hydrogen (secondary N) is 3. The lowest BCUT2D eigenvalue weighted by atomic mass is 9.71. The Hall–Kier alpha value is -4.44. The molecule has 39 heavy (non-hydrogen) atoms. The summed E-state index contributed by atoms with van der Waals surface area (Å²) >= 11 is 0. The first-order chi connectivity index (χ1) is 19.0. The molecule has 7 nitrogen and oxygen atoms in total. The molecule has 1 unspecified atom stereocenters. The van der Waals surface area contributed by atoms with Gasteiger partial charge in [0, 0.05) is 52.4 Å². The van der Waals surface area contributed by atoms with Crippen LogP contribution in [-0.2, 0) is 10.2 Å². The summed E-state index contributed by atoms with van der Waals surface area (Å²) in [6.45, 7) is 2.42. The summed E-state index contributed by atoms with van der Waals surface area (Å²) in [5.41, 5.74) is 3.44. The third-order valence-electron chi connectivity index (χ3n) is 8.05. The van der Waals surface area contributed by atoms with Crippen molar-refractivity contribution in [2.45, 2.75) is 56.4 Å². The van der Waals surface area contributed by atoms with Crippen molar-refractivity contribution in [1.82, 2.24) is 20.6 Å². The van der Waals surface area contributed by atoms with Crippen LogP contribution in [-0.4, -0.2) is 34.4 Å². The molecular weight excluding hydrogens is 486 g/mol. The number of carbonyl (C=O) groups is 2. The molecule has 0 aliphatic heterocycles. The van der Waals surface area contributed by atoms with Gasteiger partial charge in [0.25, 0.3) is 5.91 Å². The van der Waals surface area contributed by atoms with Gasteiger partial charge >= 0.3 is 0 Å². The fourth-order valence-corrected chi connectivity index (χ4v) is 5.82. The number of nitrogens with zero attached hydrogens (tertiary/aromatic N) is 2. The first-order valence-corrected chi connectivity index (χ1v) is 13.6. The van der Waals surface area contributed by atoms with Crippen molar-refractivity contribution in [2.75, 3.05) is 6.54 Å². The quantitative estimate of drug-likeness (QED) is 0.291. The molecule has 1 aliphatic carbocycles. The lowest BCUT2D eigenvalue weighted by Crippen LogP contribution is -2.52. The van der Waals surface area contributed by atoms with Crippen molar-refractivity contribution < 1.29 is 9.59 Å². The highest BCUT2D eigenvalue weighted by molar-refractivity contribution is 5.98. The Morgan fingerprint density at radius 3 is 2.62 bits per heavy atom. The number of aromatic amines is 1. The Morgan fingerprint density at radius 1 is 1.05 bits per heavy atom. The van der Waals surface area contributed by atoms with Gasteiger partial charge in [0.05, 0.1) is 11.6 Å². The van der Waals surface area contributed by atoms with E-state index in [-0.39, 0.29) is 17.2 Å². The van der Waals surface area contributed by atoms with E-state index in [2.05, 4.69) is 26.7 Å². The van der Waals surface area contributed by atoms with Crippen LogP contribution >= 0.6 is 0 Å². The molecule has 0 spiro atoms. The first kappa shape index (κ1) is 26.2. The summed E-state index contributed by atoms with van der Waals surface area (Å²) < 4.78 is 0. The van der Waals surface area contributed by atoms with Gasteiger partial charge < -0.3 is 15.6 Å². The molecule has 0 bridgehead atoms. The molecule has 198 valence electrons. The maximum Gasteiger partial charge on any atom is 0.251 e. The molecule has 7 heteroatoms. The number of aromatic nitrogens is 2. The Labute approximate surface area is 228 Å². The van der Waals surface area contributed by atoms with Crippen LogP contribution in [0.15, 0.2) is 79.1 Å². The van der Waals surface area contributed by atoms with E-state index in [1.165, 1.54) is 6.42 Å². The minimum atomic E-state index is -0.827. The smallest absolute Gasteiger partial charge is 0.251 e. The van der Waals surface area contributed by atoms with Crippen LogP contribution in [0.5, 0.6) is 0 Å². The molecule has 2 heterocycles. The van der Waals surface area contributed by atoms with Crippen molar-refractivity contribution >= 4 is 22.7 Å². The van der Waals surface area contributed by atoms with Gasteiger partial charge in [-0.15, -0.1) is 0 Å². The Kier molecular flexibility index (Phi) is 7.74. The van der Waals surface area contributed by atoms with Crippen LogP contribution in [0.1, 0.15) is 72.1 Å². The van der Waals surface area contributed by atoms with Crippen LogP contribution in [0.2, 0.25) is 0 Å². The molecule has 1 fully saturated rings. The molecule has 4 aromatic rings. The Balaban J connectivity index is 1.43. The number of hydrogen-bond acceptors (Lipinski definition) is 4. The number of pyridine rings is 1. The summed E-state index contributed by atoms with van der Waals surface area (Å²) in [5, 5.41) is 16.5. The predicted octanol–water partition coefficient (Wildman–Crippen LogP) is 5.35. The van der Waals surface area contributed by atoms with E-state index in [0.717, 1.165) is 47.8 Å². The van der Waals surface area contributed by atoms with Gasteiger partial charge in [0.1, 0.15) is 6.04 Å². The number of hydrogen-bond donors (Lipinski definition) is 3. The molecule has 1 aliphatic rings. The monoisotopic (exact) mass is 519 g/mol. The van der Waals surface area contributed by atoms with Gasteiger partial charge in [-0.25, -0.2) is 0 Å². The average Bonchev–Trinajstić information content (AvgIpc) is 3.43. The van der Waals surface area contributed by atoms with Crippen LogP contribution in [0.25, 0.3) is 10.9 Å². The van der Waals surface area contributed by atoms with Crippen molar-refractivity contribution in [3.8, 4) is 6.07 Å². The van der Waals surface area contributed by atoms with E-state index in [1.807, 2.05) is 61.8 Å². The van der Waals surface area contributed by atoms with Crippen LogP contribution in [0.3, 0.4) is 0 Å². The molecule has 2 aromatic carbocycles. The maximum absolute atomic E-state index is 13.9. The molecule has 0 radical (unpaired) electrons. The van der Waals surface area contributed by atoms with E-state index in [0.29, 0.717) is 17.7 Å². The molecular formula is C32H33N5O2. The molecule has 3 N–H and O–H groups in total. The fourth-order valence-electron chi connectivity index (χ4n) is 5.82. The first-order valence-electron chi connectivity index (χ1n) is 13.6. The zero-order valence-electron chi connectivity index (χ0n) is 22.1. The number of rotatable bonds is 8. The van der Waals surface area contributed by atoms with Crippen molar-refractivity contribution in [2.24, 2.45) is 0 Å². The van der Waals surface area contributed by atoms with E-state index in [4.69, 9.17) is 0 Å². The van der Waals surface area contributed by atoms with E-state index < -0.39 is 11.9 Å². The topological polar surface area (TPSA) is 111 Å². The van der Waals surface area contributed by atoms with Gasteiger partial charge in [-0.1, -0.05) is 56.5 Å². The van der Waals surface area contributed by atoms with E-state index in [9.17, 15) is 14.9 Å².